The minimum absolute atomic E-state index is 0.193. The summed E-state index contributed by atoms with van der Waals surface area (Å²) in [7, 11) is 1.55. The second-order valence-electron chi connectivity index (χ2n) is 5.18. The summed E-state index contributed by atoms with van der Waals surface area (Å²) < 4.78 is 26.8. The van der Waals surface area contributed by atoms with Crippen LogP contribution in [0, 0.1) is 11.6 Å². The highest BCUT2D eigenvalue weighted by atomic mass is 32.1. The number of urea groups is 1. The number of thiazole rings is 1. The first-order chi connectivity index (χ1) is 10.9. The number of aliphatic hydroxyl groups excluding tert-OH is 1. The molecule has 0 saturated heterocycles. The van der Waals surface area contributed by atoms with E-state index in [2.05, 4.69) is 10.3 Å². The van der Waals surface area contributed by atoms with Crippen molar-refractivity contribution in [3.63, 3.8) is 0 Å². The van der Waals surface area contributed by atoms with Crippen LogP contribution in [0.4, 0.5) is 18.7 Å². The van der Waals surface area contributed by atoms with Crippen molar-refractivity contribution in [2.24, 2.45) is 0 Å². The van der Waals surface area contributed by atoms with E-state index in [4.69, 9.17) is 0 Å². The summed E-state index contributed by atoms with van der Waals surface area (Å²) in [4.78, 5) is 18.0. The van der Waals surface area contributed by atoms with Crippen LogP contribution in [0.5, 0.6) is 0 Å². The number of hydrogen-bond donors (Lipinski definition) is 2. The Balaban J connectivity index is 2.01. The van der Waals surface area contributed by atoms with Crippen molar-refractivity contribution in [1.29, 1.82) is 0 Å². The number of amides is 2. The molecule has 5 nitrogen and oxygen atoms in total. The molecule has 0 aliphatic rings. The molecule has 0 spiro atoms. The van der Waals surface area contributed by atoms with Crippen LogP contribution in [-0.2, 0) is 6.42 Å². The lowest BCUT2D eigenvalue weighted by Gasteiger charge is -2.18. The fraction of sp³-hybridized carbons (Fsp3) is 0.333. The van der Waals surface area contributed by atoms with E-state index in [0.29, 0.717) is 10.0 Å². The molecule has 23 heavy (non-hydrogen) atoms. The molecule has 0 aliphatic heterocycles. The van der Waals surface area contributed by atoms with Crippen LogP contribution in [0.25, 0.3) is 0 Å². The second kappa shape index (κ2) is 7.47. The number of rotatable bonds is 5. The van der Waals surface area contributed by atoms with Gasteiger partial charge >= 0.3 is 6.03 Å². The molecule has 2 aromatic rings. The molecule has 0 saturated carbocycles. The number of nitrogens with one attached hydrogen (secondary N) is 1. The number of hydrogen-bond acceptors (Lipinski definition) is 4. The topological polar surface area (TPSA) is 65.5 Å². The molecule has 1 atom stereocenters. The van der Waals surface area contributed by atoms with Gasteiger partial charge in [0.2, 0.25) is 0 Å². The first-order valence-electron chi connectivity index (χ1n) is 6.94. The summed E-state index contributed by atoms with van der Waals surface area (Å²) in [6.45, 7) is 1.78. The van der Waals surface area contributed by atoms with Gasteiger partial charge in [0.15, 0.2) is 16.8 Å². The zero-order valence-electron chi connectivity index (χ0n) is 12.7. The second-order valence-corrected chi connectivity index (χ2v) is 6.30. The zero-order valence-corrected chi connectivity index (χ0v) is 13.5. The molecular weight excluding hydrogens is 324 g/mol. The van der Waals surface area contributed by atoms with Gasteiger partial charge in [-0.25, -0.2) is 18.6 Å². The van der Waals surface area contributed by atoms with E-state index >= 15 is 0 Å². The summed E-state index contributed by atoms with van der Waals surface area (Å²) in [5.74, 6) is -1.76. The van der Waals surface area contributed by atoms with Gasteiger partial charge in [0.25, 0.3) is 0 Å². The van der Waals surface area contributed by atoms with Gasteiger partial charge in [0.05, 0.1) is 6.10 Å². The molecule has 124 valence electrons. The maximum Gasteiger partial charge on any atom is 0.323 e. The average molecular weight is 341 g/mol. The molecule has 2 rings (SSSR count). The van der Waals surface area contributed by atoms with Gasteiger partial charge in [-0.2, -0.15) is 0 Å². The summed E-state index contributed by atoms with van der Waals surface area (Å²) >= 11 is 1.19. The molecule has 1 aromatic heterocycles. The van der Waals surface area contributed by atoms with Crippen molar-refractivity contribution in [3.05, 3.63) is 46.5 Å². The van der Waals surface area contributed by atoms with Gasteiger partial charge in [-0.15, -0.1) is 11.3 Å². The maximum absolute atomic E-state index is 13.6. The molecule has 1 aromatic carbocycles. The number of halogens is 2. The summed E-state index contributed by atoms with van der Waals surface area (Å²) in [6, 6.07) is 3.62. The lowest BCUT2D eigenvalue weighted by atomic mass is 10.1. The van der Waals surface area contributed by atoms with Crippen LogP contribution in [0.1, 0.15) is 17.4 Å². The highest BCUT2D eigenvalue weighted by molar-refractivity contribution is 7.15. The highest BCUT2D eigenvalue weighted by Gasteiger charge is 2.14. The molecule has 0 radical (unpaired) electrons. The third-order valence-electron chi connectivity index (χ3n) is 3.05. The summed E-state index contributed by atoms with van der Waals surface area (Å²) in [6.07, 6.45) is 1.08. The lowest BCUT2D eigenvalue weighted by molar-refractivity contribution is 0.149. The van der Waals surface area contributed by atoms with Gasteiger partial charge < -0.3 is 10.0 Å². The Labute approximate surface area is 136 Å². The number of carbonyl (C=O) groups excluding carboxylic acids is 1. The number of nitrogens with zero attached hydrogens (tertiary/aromatic N) is 2. The highest BCUT2D eigenvalue weighted by Crippen LogP contribution is 2.23. The first kappa shape index (κ1) is 17.3. The van der Waals surface area contributed by atoms with Crippen molar-refractivity contribution in [2.45, 2.75) is 19.4 Å². The van der Waals surface area contributed by atoms with E-state index in [-0.39, 0.29) is 18.5 Å². The Morgan fingerprint density at radius 2 is 2.22 bits per heavy atom. The van der Waals surface area contributed by atoms with E-state index in [1.54, 1.807) is 14.0 Å². The van der Waals surface area contributed by atoms with Crippen LogP contribution in [0.15, 0.2) is 24.4 Å². The largest absolute Gasteiger partial charge is 0.392 e. The molecule has 2 N–H and O–H groups in total. The SMILES string of the molecule is C[C@H](O)CN(C)C(=O)Nc1ncc(Cc2cccc(F)c2F)s1. The third kappa shape index (κ3) is 4.70. The van der Waals surface area contributed by atoms with Crippen molar-refractivity contribution in [1.82, 2.24) is 9.88 Å². The molecule has 2 amide bonds. The Morgan fingerprint density at radius 3 is 2.91 bits per heavy atom. The van der Waals surface area contributed by atoms with E-state index in [1.807, 2.05) is 0 Å². The third-order valence-corrected chi connectivity index (χ3v) is 3.96. The van der Waals surface area contributed by atoms with E-state index in [0.717, 1.165) is 6.07 Å². The predicted molar refractivity (Wildman–Crippen MR) is 84.6 cm³/mol. The zero-order chi connectivity index (χ0) is 17.0. The number of carbonyl (C=O) groups is 1. The molecule has 0 fully saturated rings. The predicted octanol–water partition coefficient (Wildman–Crippen LogP) is 2.86. The first-order valence-corrected chi connectivity index (χ1v) is 7.76. The summed E-state index contributed by atoms with van der Waals surface area (Å²) in [5, 5.41) is 12.2. The molecule has 1 heterocycles. The Hall–Kier alpha value is -2.06. The minimum Gasteiger partial charge on any atom is -0.392 e. The molecule has 0 aliphatic carbocycles. The lowest BCUT2D eigenvalue weighted by Crippen LogP contribution is -2.36. The van der Waals surface area contributed by atoms with Crippen molar-refractivity contribution in [3.8, 4) is 0 Å². The van der Waals surface area contributed by atoms with Crippen LogP contribution in [0.2, 0.25) is 0 Å². The van der Waals surface area contributed by atoms with Crippen LogP contribution in [-0.4, -0.2) is 40.7 Å². The van der Waals surface area contributed by atoms with Crippen molar-refractivity contribution < 1.29 is 18.7 Å². The molecule has 0 unspecified atom stereocenters. The minimum atomic E-state index is -0.889. The average Bonchev–Trinajstić information content (AvgIpc) is 2.90. The molecule has 0 bridgehead atoms. The smallest absolute Gasteiger partial charge is 0.323 e. The maximum atomic E-state index is 13.6. The number of aliphatic hydroxyl groups is 1. The van der Waals surface area contributed by atoms with Gasteiger partial charge in [-0.05, 0) is 18.6 Å². The number of benzene rings is 1. The monoisotopic (exact) mass is 341 g/mol. The Kier molecular flexibility index (Phi) is 5.62. The van der Waals surface area contributed by atoms with Gasteiger partial charge in [-0.3, -0.25) is 5.32 Å². The normalized spacial score (nSPS) is 12.0. The number of anilines is 1. The fourth-order valence-electron chi connectivity index (χ4n) is 1.99. The van der Waals surface area contributed by atoms with Crippen LogP contribution >= 0.6 is 11.3 Å². The van der Waals surface area contributed by atoms with E-state index < -0.39 is 23.8 Å². The van der Waals surface area contributed by atoms with Crippen LogP contribution in [0.3, 0.4) is 0 Å². The van der Waals surface area contributed by atoms with E-state index in [1.165, 1.54) is 34.6 Å². The van der Waals surface area contributed by atoms with Crippen molar-refractivity contribution >= 4 is 22.5 Å². The Morgan fingerprint density at radius 1 is 1.48 bits per heavy atom. The fourth-order valence-corrected chi connectivity index (χ4v) is 2.81. The number of likely N-dealkylation sites (N-methyl/N-ethyl adjacent to an activating group) is 1. The van der Waals surface area contributed by atoms with Gasteiger partial charge in [0.1, 0.15) is 0 Å². The summed E-state index contributed by atoms with van der Waals surface area (Å²) in [5.41, 5.74) is 0.234. The quantitative estimate of drug-likeness (QED) is 0.879. The van der Waals surface area contributed by atoms with E-state index in [9.17, 15) is 18.7 Å². The van der Waals surface area contributed by atoms with Gasteiger partial charge in [0, 0.05) is 31.1 Å². The standard InChI is InChI=1S/C15H17F2N3O2S/c1-9(21)8-20(2)15(22)19-14-18-7-11(23-14)6-10-4-3-5-12(16)13(10)17/h3-5,7,9,21H,6,8H2,1-2H3,(H,18,19,22)/t9-/m0/s1. The van der Waals surface area contributed by atoms with Gasteiger partial charge in [-0.1, -0.05) is 12.1 Å². The molecular formula is C15H17F2N3O2S. The van der Waals surface area contributed by atoms with Crippen LogP contribution < -0.4 is 5.32 Å². The molecule has 8 heteroatoms. The number of aromatic nitrogens is 1. The Bertz CT molecular complexity index is 691. The van der Waals surface area contributed by atoms with Crippen molar-refractivity contribution in [2.75, 3.05) is 18.9 Å².